The second-order valence-corrected chi connectivity index (χ2v) is 6.35. The van der Waals surface area contributed by atoms with Crippen molar-refractivity contribution < 1.29 is 4.79 Å². The van der Waals surface area contributed by atoms with Gasteiger partial charge in [-0.15, -0.1) is 0 Å². The highest BCUT2D eigenvalue weighted by atomic mass is 16.2. The van der Waals surface area contributed by atoms with E-state index in [9.17, 15) is 4.79 Å². The summed E-state index contributed by atoms with van der Waals surface area (Å²) < 4.78 is 0. The van der Waals surface area contributed by atoms with Gasteiger partial charge in [-0.1, -0.05) is 64.7 Å². The number of nitrogens with zero attached hydrogens (tertiary/aromatic N) is 1. The van der Waals surface area contributed by atoms with Crippen molar-refractivity contribution in [3.8, 4) is 0 Å². The van der Waals surface area contributed by atoms with E-state index in [0.717, 1.165) is 32.1 Å². The molecular formula is C18H34N2O. The van der Waals surface area contributed by atoms with E-state index in [1.807, 2.05) is 0 Å². The van der Waals surface area contributed by atoms with Crippen LogP contribution in [0.4, 0.5) is 0 Å². The molecule has 3 heteroatoms. The molecule has 0 bridgehead atoms. The number of nitrogens with one attached hydrogen (secondary N) is 1. The third-order valence-electron chi connectivity index (χ3n) is 4.28. The molecule has 1 fully saturated rings. The molecule has 0 radical (unpaired) electrons. The highest BCUT2D eigenvalue weighted by Gasteiger charge is 2.05. The minimum atomic E-state index is 0.0852. The van der Waals surface area contributed by atoms with Crippen LogP contribution in [0.2, 0.25) is 0 Å². The molecule has 0 aromatic rings. The van der Waals surface area contributed by atoms with Gasteiger partial charge in [0.25, 0.3) is 0 Å². The number of hydrogen-bond donors (Lipinski definition) is 1. The van der Waals surface area contributed by atoms with Crippen LogP contribution in [0.25, 0.3) is 0 Å². The minimum absolute atomic E-state index is 0.0852. The van der Waals surface area contributed by atoms with E-state index < -0.39 is 0 Å². The Bertz CT molecular complexity index is 286. The summed E-state index contributed by atoms with van der Waals surface area (Å²) in [5.74, 6) is 0.0852. The Morgan fingerprint density at radius 3 is 1.95 bits per heavy atom. The zero-order valence-electron chi connectivity index (χ0n) is 14.0. The van der Waals surface area contributed by atoms with Crippen LogP contribution in [0.5, 0.6) is 0 Å². The van der Waals surface area contributed by atoms with E-state index in [2.05, 4.69) is 17.5 Å². The van der Waals surface area contributed by atoms with Gasteiger partial charge < -0.3 is 0 Å². The number of hydrazone groups is 1. The van der Waals surface area contributed by atoms with Crippen LogP contribution in [-0.4, -0.2) is 11.6 Å². The standard InChI is InChI=1S/C18H34N2O/c1-2-3-11-16-18(21)20-19-17-14-12-9-7-5-4-6-8-10-13-15-17/h2-16H2,1H3,(H,20,21). The summed E-state index contributed by atoms with van der Waals surface area (Å²) in [5.41, 5.74) is 3.98. The molecule has 122 valence electrons. The van der Waals surface area contributed by atoms with Crippen molar-refractivity contribution in [3.05, 3.63) is 0 Å². The van der Waals surface area contributed by atoms with Crippen molar-refractivity contribution in [1.29, 1.82) is 0 Å². The molecule has 1 saturated carbocycles. The van der Waals surface area contributed by atoms with Crippen LogP contribution in [0.3, 0.4) is 0 Å². The first-order chi connectivity index (χ1) is 10.3. The molecule has 1 amide bonds. The maximum atomic E-state index is 11.7. The van der Waals surface area contributed by atoms with E-state index in [4.69, 9.17) is 0 Å². The molecule has 0 unspecified atom stereocenters. The Morgan fingerprint density at radius 1 is 0.905 bits per heavy atom. The van der Waals surface area contributed by atoms with Crippen molar-refractivity contribution in [3.63, 3.8) is 0 Å². The molecule has 0 aromatic heterocycles. The van der Waals surface area contributed by atoms with Crippen molar-refractivity contribution in [2.24, 2.45) is 5.10 Å². The van der Waals surface area contributed by atoms with E-state index >= 15 is 0 Å². The highest BCUT2D eigenvalue weighted by Crippen LogP contribution is 2.15. The minimum Gasteiger partial charge on any atom is -0.273 e. The maximum Gasteiger partial charge on any atom is 0.240 e. The maximum absolute atomic E-state index is 11.7. The highest BCUT2D eigenvalue weighted by molar-refractivity contribution is 5.86. The molecule has 1 rings (SSSR count). The average Bonchev–Trinajstić information content (AvgIpc) is 2.47. The Morgan fingerprint density at radius 2 is 1.43 bits per heavy atom. The molecule has 1 N–H and O–H groups in total. The van der Waals surface area contributed by atoms with Crippen LogP contribution in [-0.2, 0) is 4.79 Å². The Hall–Kier alpha value is -0.860. The quantitative estimate of drug-likeness (QED) is 0.539. The van der Waals surface area contributed by atoms with Gasteiger partial charge in [0.05, 0.1) is 0 Å². The zero-order chi connectivity index (χ0) is 15.2. The van der Waals surface area contributed by atoms with Crippen LogP contribution >= 0.6 is 0 Å². The van der Waals surface area contributed by atoms with Gasteiger partial charge in [0.15, 0.2) is 0 Å². The van der Waals surface area contributed by atoms with Crippen molar-refractivity contribution in [1.82, 2.24) is 5.43 Å². The predicted molar refractivity (Wildman–Crippen MR) is 90.5 cm³/mol. The van der Waals surface area contributed by atoms with E-state index in [0.29, 0.717) is 6.42 Å². The fourth-order valence-electron chi connectivity index (χ4n) is 2.87. The average molecular weight is 294 g/mol. The van der Waals surface area contributed by atoms with Gasteiger partial charge in [0.2, 0.25) is 5.91 Å². The molecular weight excluding hydrogens is 260 g/mol. The second-order valence-electron chi connectivity index (χ2n) is 6.35. The number of carbonyl (C=O) groups excluding carboxylic acids is 1. The molecule has 21 heavy (non-hydrogen) atoms. The summed E-state index contributed by atoms with van der Waals surface area (Å²) in [6, 6.07) is 0. The molecule has 0 saturated heterocycles. The molecule has 1 aliphatic rings. The Labute approximate surface area is 131 Å². The number of unbranched alkanes of at least 4 members (excludes halogenated alkanes) is 2. The summed E-state index contributed by atoms with van der Waals surface area (Å²) in [5, 5.41) is 4.41. The van der Waals surface area contributed by atoms with Gasteiger partial charge in [0, 0.05) is 12.1 Å². The molecule has 0 aromatic carbocycles. The third-order valence-corrected chi connectivity index (χ3v) is 4.28. The summed E-state index contributed by atoms with van der Waals surface area (Å²) >= 11 is 0. The number of carbonyl (C=O) groups is 1. The normalized spacial score (nSPS) is 18.4. The molecule has 3 nitrogen and oxygen atoms in total. The first kappa shape index (κ1) is 18.2. The molecule has 1 aliphatic carbocycles. The van der Waals surface area contributed by atoms with Gasteiger partial charge in [-0.3, -0.25) is 4.79 Å². The van der Waals surface area contributed by atoms with E-state index in [1.54, 1.807) is 0 Å². The molecule has 0 aliphatic heterocycles. The monoisotopic (exact) mass is 294 g/mol. The van der Waals surface area contributed by atoms with Gasteiger partial charge >= 0.3 is 0 Å². The van der Waals surface area contributed by atoms with Gasteiger partial charge in [-0.05, 0) is 32.1 Å². The summed E-state index contributed by atoms with van der Waals surface area (Å²) in [4.78, 5) is 11.7. The Balaban J connectivity index is 2.31. The summed E-state index contributed by atoms with van der Waals surface area (Å²) in [6.07, 6.45) is 18.0. The van der Waals surface area contributed by atoms with Crippen molar-refractivity contribution in [2.75, 3.05) is 0 Å². The van der Waals surface area contributed by atoms with Crippen LogP contribution < -0.4 is 5.43 Å². The summed E-state index contributed by atoms with van der Waals surface area (Å²) in [6.45, 7) is 2.16. The lowest BCUT2D eigenvalue weighted by Crippen LogP contribution is -2.19. The number of rotatable bonds is 5. The molecule has 0 heterocycles. The lowest BCUT2D eigenvalue weighted by molar-refractivity contribution is -0.121. The van der Waals surface area contributed by atoms with Crippen LogP contribution in [0.15, 0.2) is 5.10 Å². The molecule has 0 spiro atoms. The lowest BCUT2D eigenvalue weighted by Gasteiger charge is -2.09. The van der Waals surface area contributed by atoms with Crippen molar-refractivity contribution in [2.45, 2.75) is 103 Å². The zero-order valence-corrected chi connectivity index (χ0v) is 14.0. The topological polar surface area (TPSA) is 41.5 Å². The van der Waals surface area contributed by atoms with Gasteiger partial charge in [0.1, 0.15) is 0 Å². The smallest absolute Gasteiger partial charge is 0.240 e. The van der Waals surface area contributed by atoms with Crippen LogP contribution in [0, 0.1) is 0 Å². The summed E-state index contributed by atoms with van der Waals surface area (Å²) in [7, 11) is 0. The first-order valence-electron chi connectivity index (χ1n) is 9.17. The van der Waals surface area contributed by atoms with Gasteiger partial charge in [-0.25, -0.2) is 5.43 Å². The third kappa shape index (κ3) is 10.5. The molecule has 0 atom stereocenters. The number of amides is 1. The predicted octanol–water partition coefficient (Wildman–Crippen LogP) is 5.34. The van der Waals surface area contributed by atoms with Crippen molar-refractivity contribution >= 4 is 11.6 Å². The van der Waals surface area contributed by atoms with E-state index in [1.165, 1.54) is 63.5 Å². The lowest BCUT2D eigenvalue weighted by atomic mass is 10.00. The van der Waals surface area contributed by atoms with Crippen LogP contribution in [0.1, 0.15) is 103 Å². The number of hydrogen-bond acceptors (Lipinski definition) is 2. The SMILES string of the molecule is CCCCCC(=O)NN=C1CCCCCCCCCCC1. The fourth-order valence-corrected chi connectivity index (χ4v) is 2.87. The Kier molecular flexibility index (Phi) is 11.1. The fraction of sp³-hybridized carbons (Fsp3) is 0.889. The second kappa shape index (κ2) is 12.8. The van der Waals surface area contributed by atoms with Gasteiger partial charge in [-0.2, -0.15) is 5.10 Å². The first-order valence-corrected chi connectivity index (χ1v) is 9.17. The largest absolute Gasteiger partial charge is 0.273 e. The van der Waals surface area contributed by atoms with E-state index in [-0.39, 0.29) is 5.91 Å².